The van der Waals surface area contributed by atoms with Gasteiger partial charge in [-0.2, -0.15) is 0 Å². The zero-order valence-electron chi connectivity index (χ0n) is 14.4. The Balaban J connectivity index is 1.45. The summed E-state index contributed by atoms with van der Waals surface area (Å²) in [6.45, 7) is 4.76. The van der Waals surface area contributed by atoms with Crippen molar-refractivity contribution in [2.45, 2.75) is 26.4 Å². The molecule has 0 aromatic heterocycles. The fraction of sp³-hybridized carbons (Fsp3) is 0.400. The number of aliphatic hydroxyl groups excluding tert-OH is 1. The number of aliphatic hydroxyl groups is 1. The monoisotopic (exact) mass is 342 g/mol. The van der Waals surface area contributed by atoms with Gasteiger partial charge in [0, 0.05) is 0 Å². The number of hydrogen-bond donors (Lipinski definition) is 1. The first-order chi connectivity index (χ1) is 12.1. The molecule has 0 aliphatic carbocycles. The van der Waals surface area contributed by atoms with E-state index in [1.807, 2.05) is 30.3 Å². The van der Waals surface area contributed by atoms with E-state index >= 15 is 0 Å². The average Bonchev–Trinajstić information content (AvgIpc) is 3.28. The minimum atomic E-state index is -0.557. The quantitative estimate of drug-likeness (QED) is 0.898. The van der Waals surface area contributed by atoms with Crippen molar-refractivity contribution in [2.24, 2.45) is 11.8 Å². The standard InChI is InChI=1S/C20H22O5/c1-12(7-14-3-5-16-18(8-14)24-10-22-16)13(2)20(21)15-4-6-17-19(9-15)25-11-23-17/h3-6,8-9,12-13,20-21H,7,10-11H2,1-2H3/t12-,13-,20+/m1/s1. The van der Waals surface area contributed by atoms with Crippen LogP contribution >= 0.6 is 0 Å². The zero-order valence-corrected chi connectivity index (χ0v) is 14.4. The Morgan fingerprint density at radius 2 is 1.44 bits per heavy atom. The largest absolute Gasteiger partial charge is 0.454 e. The van der Waals surface area contributed by atoms with Crippen LogP contribution in [0.1, 0.15) is 31.1 Å². The van der Waals surface area contributed by atoms with Gasteiger partial charge in [0.25, 0.3) is 0 Å². The van der Waals surface area contributed by atoms with Gasteiger partial charge in [0.05, 0.1) is 6.10 Å². The Labute approximate surface area is 147 Å². The van der Waals surface area contributed by atoms with Crippen molar-refractivity contribution in [2.75, 3.05) is 13.6 Å². The summed E-state index contributed by atoms with van der Waals surface area (Å²) in [6.07, 6.45) is 0.304. The van der Waals surface area contributed by atoms with Gasteiger partial charge in [-0.25, -0.2) is 0 Å². The van der Waals surface area contributed by atoms with E-state index < -0.39 is 6.10 Å². The van der Waals surface area contributed by atoms with Gasteiger partial charge < -0.3 is 24.1 Å². The van der Waals surface area contributed by atoms with E-state index in [0.29, 0.717) is 11.7 Å². The lowest BCUT2D eigenvalue weighted by Gasteiger charge is -2.25. The van der Waals surface area contributed by atoms with Gasteiger partial charge in [-0.3, -0.25) is 0 Å². The maximum absolute atomic E-state index is 10.8. The van der Waals surface area contributed by atoms with E-state index in [2.05, 4.69) is 19.9 Å². The summed E-state index contributed by atoms with van der Waals surface area (Å²) in [4.78, 5) is 0. The van der Waals surface area contributed by atoms with Crippen LogP contribution in [0.4, 0.5) is 0 Å². The molecule has 3 atom stereocenters. The smallest absolute Gasteiger partial charge is 0.231 e. The van der Waals surface area contributed by atoms with Gasteiger partial charge >= 0.3 is 0 Å². The summed E-state index contributed by atoms with van der Waals surface area (Å²) in [5.74, 6) is 3.41. The number of rotatable bonds is 5. The van der Waals surface area contributed by atoms with Crippen LogP contribution in [0.3, 0.4) is 0 Å². The Bertz CT molecular complexity index is 773. The summed E-state index contributed by atoms with van der Waals surface area (Å²) in [5.41, 5.74) is 2.04. The van der Waals surface area contributed by atoms with Crippen molar-refractivity contribution < 1.29 is 24.1 Å². The molecule has 1 N–H and O–H groups in total. The average molecular weight is 342 g/mol. The first-order valence-electron chi connectivity index (χ1n) is 8.58. The van der Waals surface area contributed by atoms with Gasteiger partial charge in [0.1, 0.15) is 0 Å². The van der Waals surface area contributed by atoms with Gasteiger partial charge in [-0.15, -0.1) is 0 Å². The molecule has 2 aliphatic heterocycles. The van der Waals surface area contributed by atoms with E-state index in [9.17, 15) is 5.11 Å². The van der Waals surface area contributed by atoms with Crippen molar-refractivity contribution in [1.29, 1.82) is 0 Å². The highest BCUT2D eigenvalue weighted by Gasteiger charge is 2.25. The molecule has 132 valence electrons. The lowest BCUT2D eigenvalue weighted by atomic mass is 9.83. The Hall–Kier alpha value is -2.40. The van der Waals surface area contributed by atoms with Crippen LogP contribution in [0.5, 0.6) is 23.0 Å². The Kier molecular flexibility index (Phi) is 4.17. The van der Waals surface area contributed by atoms with Crippen molar-refractivity contribution >= 4 is 0 Å². The maximum Gasteiger partial charge on any atom is 0.231 e. The highest BCUT2D eigenvalue weighted by Crippen LogP contribution is 2.38. The molecular weight excluding hydrogens is 320 g/mol. The minimum absolute atomic E-state index is 0.0887. The molecule has 0 radical (unpaired) electrons. The first kappa shape index (κ1) is 16.1. The summed E-state index contributed by atoms with van der Waals surface area (Å²) in [7, 11) is 0. The van der Waals surface area contributed by atoms with E-state index in [1.54, 1.807) is 0 Å². The molecule has 5 nitrogen and oxygen atoms in total. The molecule has 2 aromatic carbocycles. The molecule has 0 amide bonds. The van der Waals surface area contributed by atoms with Crippen molar-refractivity contribution in [3.63, 3.8) is 0 Å². The molecule has 0 saturated carbocycles. The van der Waals surface area contributed by atoms with Crippen LogP contribution in [0.15, 0.2) is 36.4 Å². The normalized spacial score (nSPS) is 18.0. The Morgan fingerprint density at radius 1 is 0.840 bits per heavy atom. The topological polar surface area (TPSA) is 57.2 Å². The molecule has 5 heteroatoms. The van der Waals surface area contributed by atoms with Gasteiger partial charge in [0.15, 0.2) is 23.0 Å². The van der Waals surface area contributed by atoms with Crippen LogP contribution in [-0.2, 0) is 6.42 Å². The fourth-order valence-corrected chi connectivity index (χ4v) is 3.34. The zero-order chi connectivity index (χ0) is 17.4. The predicted molar refractivity (Wildman–Crippen MR) is 92.1 cm³/mol. The third kappa shape index (κ3) is 3.12. The summed E-state index contributed by atoms with van der Waals surface area (Å²) < 4.78 is 21.5. The molecule has 0 saturated heterocycles. The van der Waals surface area contributed by atoms with E-state index in [0.717, 1.165) is 29.2 Å². The first-order valence-corrected chi connectivity index (χ1v) is 8.58. The third-order valence-corrected chi connectivity index (χ3v) is 5.13. The van der Waals surface area contributed by atoms with E-state index in [1.165, 1.54) is 5.56 Å². The van der Waals surface area contributed by atoms with Crippen molar-refractivity contribution in [1.82, 2.24) is 0 Å². The second-order valence-electron chi connectivity index (χ2n) is 6.79. The van der Waals surface area contributed by atoms with Crippen molar-refractivity contribution in [3.8, 4) is 23.0 Å². The SMILES string of the molecule is C[C@H]([C@H](C)Cc1ccc2c(c1)OCO2)[C@H](O)c1ccc2c(c1)OCO2. The number of benzene rings is 2. The predicted octanol–water partition coefficient (Wildman–Crippen LogP) is 3.69. The highest BCUT2D eigenvalue weighted by molar-refractivity contribution is 5.46. The lowest BCUT2D eigenvalue weighted by molar-refractivity contribution is 0.0869. The third-order valence-electron chi connectivity index (χ3n) is 5.13. The van der Waals surface area contributed by atoms with Gasteiger partial charge in [0.2, 0.25) is 13.6 Å². The fourth-order valence-electron chi connectivity index (χ4n) is 3.34. The maximum atomic E-state index is 10.8. The lowest BCUT2D eigenvalue weighted by Crippen LogP contribution is -2.19. The Morgan fingerprint density at radius 3 is 2.16 bits per heavy atom. The van der Waals surface area contributed by atoms with Crippen LogP contribution < -0.4 is 18.9 Å². The molecule has 0 fully saturated rings. The molecule has 4 rings (SSSR count). The number of ether oxygens (including phenoxy) is 4. The highest BCUT2D eigenvalue weighted by atomic mass is 16.7. The number of fused-ring (bicyclic) bond motifs is 2. The molecule has 0 bridgehead atoms. The molecular formula is C20H22O5. The number of hydrogen-bond acceptors (Lipinski definition) is 5. The van der Waals surface area contributed by atoms with Gasteiger partial charge in [-0.1, -0.05) is 26.0 Å². The molecule has 2 aliphatic rings. The van der Waals surface area contributed by atoms with Gasteiger partial charge in [-0.05, 0) is 53.6 Å². The second-order valence-corrected chi connectivity index (χ2v) is 6.79. The summed E-state index contributed by atoms with van der Waals surface area (Å²) >= 11 is 0. The molecule has 2 heterocycles. The van der Waals surface area contributed by atoms with Crippen LogP contribution in [0.25, 0.3) is 0 Å². The minimum Gasteiger partial charge on any atom is -0.454 e. The van der Waals surface area contributed by atoms with E-state index in [-0.39, 0.29) is 19.5 Å². The van der Waals surface area contributed by atoms with E-state index in [4.69, 9.17) is 18.9 Å². The molecule has 0 unspecified atom stereocenters. The molecule has 2 aromatic rings. The molecule has 25 heavy (non-hydrogen) atoms. The van der Waals surface area contributed by atoms with Crippen molar-refractivity contribution in [3.05, 3.63) is 47.5 Å². The molecule has 0 spiro atoms. The summed E-state index contributed by atoms with van der Waals surface area (Å²) in [6, 6.07) is 11.7. The van der Waals surface area contributed by atoms with Crippen LogP contribution in [0.2, 0.25) is 0 Å². The summed E-state index contributed by atoms with van der Waals surface area (Å²) in [5, 5.41) is 10.8. The van der Waals surface area contributed by atoms with Crippen LogP contribution in [-0.4, -0.2) is 18.7 Å². The second kappa shape index (κ2) is 6.48. The van der Waals surface area contributed by atoms with Crippen LogP contribution in [0, 0.1) is 11.8 Å².